The maximum absolute atomic E-state index is 4.35. The third-order valence-electron chi connectivity index (χ3n) is 2.97. The number of rotatable bonds is 2. The highest BCUT2D eigenvalue weighted by atomic mass is 15.1. The second-order valence-corrected chi connectivity index (χ2v) is 4.43. The van der Waals surface area contributed by atoms with Crippen LogP contribution in [0.15, 0.2) is 77.2 Å². The first kappa shape index (κ1) is 11.5. The van der Waals surface area contributed by atoms with Crippen LogP contribution in [0.1, 0.15) is 0 Å². The highest BCUT2D eigenvalue weighted by Crippen LogP contribution is 2.34. The zero-order chi connectivity index (χ0) is 13.1. The minimum absolute atomic E-state index is 0.847. The van der Waals surface area contributed by atoms with Crippen LogP contribution >= 0.6 is 0 Å². The molecule has 0 atom stereocenters. The van der Waals surface area contributed by atoms with E-state index in [-0.39, 0.29) is 0 Å². The molecule has 0 aromatic carbocycles. The van der Waals surface area contributed by atoms with Crippen molar-refractivity contribution in [3.8, 4) is 11.1 Å². The van der Waals surface area contributed by atoms with Crippen LogP contribution in [0.4, 0.5) is 11.4 Å². The molecule has 1 aromatic rings. The van der Waals surface area contributed by atoms with Gasteiger partial charge in [-0.15, -0.1) is 10.2 Å². The van der Waals surface area contributed by atoms with E-state index in [1.54, 1.807) is 0 Å². The van der Waals surface area contributed by atoms with Crippen LogP contribution in [0.2, 0.25) is 0 Å². The molecule has 0 saturated carbocycles. The smallest absolute Gasteiger partial charge is 0.196 e. The Morgan fingerprint density at radius 2 is 1.74 bits per heavy atom. The van der Waals surface area contributed by atoms with Gasteiger partial charge >= 0.3 is 0 Å². The molecule has 0 saturated heterocycles. The number of hydrogen-bond donors (Lipinski definition) is 0. The minimum atomic E-state index is 0.847. The number of nitrogens with zero attached hydrogens (tertiary/aromatic N) is 3. The summed E-state index contributed by atoms with van der Waals surface area (Å²) < 4.78 is 1.96. The molecule has 19 heavy (non-hydrogen) atoms. The second kappa shape index (κ2) is 4.98. The van der Waals surface area contributed by atoms with Crippen LogP contribution in [0, 0.1) is 0 Å². The van der Waals surface area contributed by atoms with E-state index in [0.717, 1.165) is 16.9 Å². The lowest BCUT2D eigenvalue weighted by atomic mass is 10.2. The van der Waals surface area contributed by atoms with Gasteiger partial charge in [-0.25, -0.2) is 4.57 Å². The van der Waals surface area contributed by atoms with E-state index >= 15 is 0 Å². The van der Waals surface area contributed by atoms with Gasteiger partial charge in [0, 0.05) is 11.6 Å². The van der Waals surface area contributed by atoms with Crippen molar-refractivity contribution >= 4 is 11.4 Å². The summed E-state index contributed by atoms with van der Waals surface area (Å²) in [5, 5.41) is 8.63. The molecule has 0 unspecified atom stereocenters. The first-order chi connectivity index (χ1) is 9.33. The third kappa shape index (κ3) is 2.50. The number of fused-ring (bicyclic) bond motifs is 1. The first-order valence-corrected chi connectivity index (χ1v) is 6.18. The lowest BCUT2D eigenvalue weighted by molar-refractivity contribution is -0.670. The summed E-state index contributed by atoms with van der Waals surface area (Å²) in [6.07, 6.45) is 3.91. The molecular weight excluding hydrogens is 234 g/mol. The molecule has 0 N–H and O–H groups in total. The van der Waals surface area contributed by atoms with Crippen LogP contribution in [-0.4, -0.2) is 0 Å². The maximum Gasteiger partial charge on any atom is 0.196 e. The molecule has 3 heteroatoms. The molecule has 0 aliphatic heterocycles. The molecule has 1 heterocycles. The van der Waals surface area contributed by atoms with Crippen molar-refractivity contribution < 1.29 is 4.57 Å². The Labute approximate surface area is 112 Å². The Morgan fingerprint density at radius 1 is 0.842 bits per heavy atom. The van der Waals surface area contributed by atoms with Gasteiger partial charge in [0.1, 0.15) is 12.7 Å². The standard InChI is InChI=1S/C16H14N3/c1-19-11-5-7-14(12-19)17-18-16-10-9-13-6-3-2-4-8-15(13)16/h2-12H,1H3/q+1. The van der Waals surface area contributed by atoms with Crippen molar-refractivity contribution in [1.82, 2.24) is 0 Å². The SMILES string of the molecule is C[n+]1cccc(N=Nc2ccc3cccccc2-3)c1. The lowest BCUT2D eigenvalue weighted by Crippen LogP contribution is -2.25. The van der Waals surface area contributed by atoms with Gasteiger partial charge in [-0.3, -0.25) is 0 Å². The van der Waals surface area contributed by atoms with Gasteiger partial charge in [0.05, 0.1) is 5.69 Å². The highest BCUT2D eigenvalue weighted by molar-refractivity contribution is 5.79. The average Bonchev–Trinajstić information content (AvgIpc) is 2.64. The molecule has 0 spiro atoms. The molecule has 2 aliphatic carbocycles. The van der Waals surface area contributed by atoms with Crippen molar-refractivity contribution in [2.45, 2.75) is 0 Å². The molecule has 1 aromatic heterocycles. The van der Waals surface area contributed by atoms with E-state index in [4.69, 9.17) is 0 Å². The van der Waals surface area contributed by atoms with Gasteiger partial charge in [0.2, 0.25) is 0 Å². The van der Waals surface area contributed by atoms with Crippen LogP contribution < -0.4 is 4.57 Å². The van der Waals surface area contributed by atoms with E-state index in [0.29, 0.717) is 0 Å². The van der Waals surface area contributed by atoms with Gasteiger partial charge in [0.25, 0.3) is 0 Å². The lowest BCUT2D eigenvalue weighted by Gasteiger charge is -1.94. The number of pyridine rings is 1. The van der Waals surface area contributed by atoms with E-state index in [1.807, 2.05) is 60.4 Å². The monoisotopic (exact) mass is 248 g/mol. The summed E-state index contributed by atoms with van der Waals surface area (Å²) in [6.45, 7) is 0. The fourth-order valence-corrected chi connectivity index (χ4v) is 2.03. The minimum Gasteiger partial charge on any atom is -0.206 e. The number of aromatic nitrogens is 1. The first-order valence-electron chi connectivity index (χ1n) is 6.18. The molecule has 0 bridgehead atoms. The van der Waals surface area contributed by atoms with Crippen LogP contribution in [0.25, 0.3) is 11.1 Å². The normalized spacial score (nSPS) is 11.2. The Hall–Kier alpha value is -2.55. The van der Waals surface area contributed by atoms with Gasteiger partial charge in [0.15, 0.2) is 12.4 Å². The molecule has 2 aliphatic rings. The summed E-state index contributed by atoms with van der Waals surface area (Å²) in [6, 6.07) is 18.2. The van der Waals surface area contributed by atoms with E-state index in [9.17, 15) is 0 Å². The maximum atomic E-state index is 4.35. The molecular formula is C16H14N3+. The molecule has 92 valence electrons. The summed E-state index contributed by atoms with van der Waals surface area (Å²) in [5.41, 5.74) is 4.05. The van der Waals surface area contributed by atoms with Gasteiger partial charge in [-0.1, -0.05) is 36.4 Å². The predicted molar refractivity (Wildman–Crippen MR) is 74.9 cm³/mol. The predicted octanol–water partition coefficient (Wildman–Crippen LogP) is 4.03. The zero-order valence-corrected chi connectivity index (χ0v) is 10.7. The Bertz CT molecular complexity index is 704. The van der Waals surface area contributed by atoms with Crippen molar-refractivity contribution in [1.29, 1.82) is 0 Å². The summed E-state index contributed by atoms with van der Waals surface area (Å²) in [7, 11) is 1.97. The molecule has 0 fully saturated rings. The third-order valence-corrected chi connectivity index (χ3v) is 2.97. The van der Waals surface area contributed by atoms with Gasteiger partial charge < -0.3 is 0 Å². The van der Waals surface area contributed by atoms with Crippen LogP contribution in [0.3, 0.4) is 0 Å². The summed E-state index contributed by atoms with van der Waals surface area (Å²) in [4.78, 5) is 0. The van der Waals surface area contributed by atoms with Crippen molar-refractivity contribution in [2.75, 3.05) is 0 Å². The Morgan fingerprint density at radius 3 is 2.63 bits per heavy atom. The number of hydrogen-bond acceptors (Lipinski definition) is 2. The Balaban J connectivity index is 1.95. The molecule has 3 nitrogen and oxygen atoms in total. The van der Waals surface area contributed by atoms with Crippen molar-refractivity contribution in [2.24, 2.45) is 17.3 Å². The topological polar surface area (TPSA) is 28.6 Å². The van der Waals surface area contributed by atoms with E-state index in [1.165, 1.54) is 5.56 Å². The summed E-state index contributed by atoms with van der Waals surface area (Å²) >= 11 is 0. The van der Waals surface area contributed by atoms with E-state index < -0.39 is 0 Å². The second-order valence-electron chi connectivity index (χ2n) is 4.43. The fourth-order valence-electron chi connectivity index (χ4n) is 2.03. The van der Waals surface area contributed by atoms with Gasteiger partial charge in [-0.05, 0) is 17.7 Å². The van der Waals surface area contributed by atoms with Gasteiger partial charge in [-0.2, -0.15) is 0 Å². The highest BCUT2D eigenvalue weighted by Gasteiger charge is 2.06. The molecule has 0 radical (unpaired) electrons. The molecule has 0 amide bonds. The molecule has 3 rings (SSSR count). The number of azo groups is 1. The number of aryl methyl sites for hydroxylation is 1. The fraction of sp³-hybridized carbons (Fsp3) is 0.0625. The van der Waals surface area contributed by atoms with Crippen molar-refractivity contribution in [3.63, 3.8) is 0 Å². The van der Waals surface area contributed by atoms with Crippen molar-refractivity contribution in [3.05, 3.63) is 67.0 Å². The Kier molecular flexibility index (Phi) is 3.02. The zero-order valence-electron chi connectivity index (χ0n) is 10.7. The van der Waals surface area contributed by atoms with Crippen LogP contribution in [0.5, 0.6) is 0 Å². The van der Waals surface area contributed by atoms with E-state index in [2.05, 4.69) is 28.4 Å². The van der Waals surface area contributed by atoms with Crippen LogP contribution in [-0.2, 0) is 7.05 Å². The summed E-state index contributed by atoms with van der Waals surface area (Å²) in [5.74, 6) is 0. The average molecular weight is 248 g/mol. The quantitative estimate of drug-likeness (QED) is 0.484. The largest absolute Gasteiger partial charge is 0.206 e.